The van der Waals surface area contributed by atoms with Crippen LogP contribution in [0.25, 0.3) is 16.2 Å². The summed E-state index contributed by atoms with van der Waals surface area (Å²) in [6.45, 7) is 4.23. The van der Waals surface area contributed by atoms with Gasteiger partial charge in [0.1, 0.15) is 5.75 Å². The first-order valence-electron chi connectivity index (χ1n) is 11.2. The molecule has 1 aliphatic heterocycles. The van der Waals surface area contributed by atoms with Crippen molar-refractivity contribution in [2.45, 2.75) is 26.3 Å². The Bertz CT molecular complexity index is 1230. The number of nitrogens with zero attached hydrogens (tertiary/aromatic N) is 4. The van der Waals surface area contributed by atoms with Gasteiger partial charge < -0.3 is 15.0 Å². The molecule has 2 aromatic carbocycles. The van der Waals surface area contributed by atoms with E-state index in [2.05, 4.69) is 29.3 Å². The number of anilines is 1. The van der Waals surface area contributed by atoms with Crippen molar-refractivity contribution < 1.29 is 9.53 Å². The third-order valence-corrected chi connectivity index (χ3v) is 7.18. The molecule has 33 heavy (non-hydrogen) atoms. The van der Waals surface area contributed by atoms with Gasteiger partial charge in [0.2, 0.25) is 16.0 Å². The first-order valence-corrected chi connectivity index (χ1v) is 12.0. The summed E-state index contributed by atoms with van der Waals surface area (Å²) >= 11 is 1.56. The van der Waals surface area contributed by atoms with Crippen LogP contribution in [0.3, 0.4) is 0 Å². The van der Waals surface area contributed by atoms with Gasteiger partial charge in [0.05, 0.1) is 24.9 Å². The summed E-state index contributed by atoms with van der Waals surface area (Å²) in [5.41, 5.74) is 4.27. The summed E-state index contributed by atoms with van der Waals surface area (Å²) in [5, 5.41) is 8.80. The Kier molecular flexibility index (Phi) is 6.00. The standard InChI is InChI=1S/C25H27N5O2S/c1-17-6-3-4-7-19(17)14-26-23(31)20-8-5-13-29(15-20)25-28-30-16-22(27-24(30)33-25)18-9-11-21(32-2)12-10-18/h3-4,6-7,9-12,16,20H,5,8,13-15H2,1-2H3,(H,26,31)/t20-/m0/s1. The third kappa shape index (κ3) is 4.57. The fourth-order valence-electron chi connectivity index (χ4n) is 4.22. The molecule has 1 saturated heterocycles. The lowest BCUT2D eigenvalue weighted by Crippen LogP contribution is -2.43. The summed E-state index contributed by atoms with van der Waals surface area (Å²) in [7, 11) is 1.66. The Morgan fingerprint density at radius 3 is 2.79 bits per heavy atom. The minimum atomic E-state index is -0.0335. The van der Waals surface area contributed by atoms with Crippen molar-refractivity contribution in [3.05, 3.63) is 65.9 Å². The number of hydrogen-bond donors (Lipinski definition) is 1. The highest BCUT2D eigenvalue weighted by atomic mass is 32.1. The lowest BCUT2D eigenvalue weighted by molar-refractivity contribution is -0.125. The second-order valence-electron chi connectivity index (χ2n) is 8.40. The number of carbonyl (C=O) groups excluding carboxylic acids is 1. The fourth-order valence-corrected chi connectivity index (χ4v) is 5.14. The third-order valence-electron chi connectivity index (χ3n) is 6.20. The van der Waals surface area contributed by atoms with Crippen LogP contribution in [0, 0.1) is 12.8 Å². The zero-order chi connectivity index (χ0) is 22.8. The van der Waals surface area contributed by atoms with Gasteiger partial charge in [-0.05, 0) is 55.2 Å². The van der Waals surface area contributed by atoms with Crippen LogP contribution in [0.5, 0.6) is 5.75 Å². The first-order chi connectivity index (χ1) is 16.1. The van der Waals surface area contributed by atoms with Gasteiger partial charge in [-0.2, -0.15) is 0 Å². The zero-order valence-electron chi connectivity index (χ0n) is 18.8. The van der Waals surface area contributed by atoms with Crippen LogP contribution in [0.15, 0.2) is 54.7 Å². The average molecular weight is 462 g/mol. The maximum Gasteiger partial charge on any atom is 0.225 e. The molecule has 0 bridgehead atoms. The Labute approximate surface area is 197 Å². The molecule has 4 aromatic rings. The average Bonchev–Trinajstić information content (AvgIpc) is 3.43. The molecule has 1 amide bonds. The fraction of sp³-hybridized carbons (Fsp3) is 0.320. The number of nitrogens with one attached hydrogen (secondary N) is 1. The zero-order valence-corrected chi connectivity index (χ0v) is 19.6. The number of fused-ring (bicyclic) bond motifs is 1. The molecule has 0 saturated carbocycles. The van der Waals surface area contributed by atoms with Gasteiger partial charge in [0, 0.05) is 25.2 Å². The van der Waals surface area contributed by atoms with Crippen LogP contribution in [0.4, 0.5) is 5.13 Å². The van der Waals surface area contributed by atoms with E-state index < -0.39 is 0 Å². The molecule has 1 aliphatic rings. The van der Waals surface area contributed by atoms with E-state index in [0.717, 1.165) is 52.0 Å². The SMILES string of the molecule is COc1ccc(-c2cn3nc(N4CCC[C@H](C(=O)NCc5ccccc5C)C4)sc3n2)cc1. The van der Waals surface area contributed by atoms with Crippen LogP contribution < -0.4 is 15.0 Å². The van der Waals surface area contributed by atoms with Crippen LogP contribution in [0.2, 0.25) is 0 Å². The van der Waals surface area contributed by atoms with Crippen LogP contribution in [-0.4, -0.2) is 40.7 Å². The predicted molar refractivity (Wildman–Crippen MR) is 131 cm³/mol. The molecule has 1 fully saturated rings. The number of benzene rings is 2. The van der Waals surface area contributed by atoms with Gasteiger partial charge in [-0.25, -0.2) is 9.50 Å². The lowest BCUT2D eigenvalue weighted by atomic mass is 9.97. The number of carbonyl (C=O) groups is 1. The minimum Gasteiger partial charge on any atom is -0.497 e. The summed E-state index contributed by atoms with van der Waals surface area (Å²) < 4.78 is 7.07. The van der Waals surface area contributed by atoms with Gasteiger partial charge >= 0.3 is 0 Å². The molecule has 0 aliphatic carbocycles. The number of piperidine rings is 1. The van der Waals surface area contributed by atoms with E-state index >= 15 is 0 Å². The van der Waals surface area contributed by atoms with Crippen LogP contribution in [-0.2, 0) is 11.3 Å². The molecule has 7 nitrogen and oxygen atoms in total. The number of amides is 1. The van der Waals surface area contributed by atoms with Crippen molar-refractivity contribution in [3.8, 4) is 17.0 Å². The molecule has 1 atom stereocenters. The molecular weight excluding hydrogens is 434 g/mol. The highest BCUT2D eigenvalue weighted by Gasteiger charge is 2.28. The van der Waals surface area contributed by atoms with E-state index in [9.17, 15) is 4.79 Å². The Hall–Kier alpha value is -3.39. The second kappa shape index (κ2) is 9.23. The number of rotatable bonds is 6. The van der Waals surface area contributed by atoms with Crippen molar-refractivity contribution >= 4 is 27.3 Å². The van der Waals surface area contributed by atoms with Gasteiger partial charge in [-0.15, -0.1) is 5.10 Å². The van der Waals surface area contributed by atoms with Gasteiger partial charge in [-0.3, -0.25) is 4.79 Å². The highest BCUT2D eigenvalue weighted by Crippen LogP contribution is 2.30. The van der Waals surface area contributed by atoms with Crippen molar-refractivity contribution in [3.63, 3.8) is 0 Å². The van der Waals surface area contributed by atoms with E-state index in [4.69, 9.17) is 14.8 Å². The summed E-state index contributed by atoms with van der Waals surface area (Å²) in [5.74, 6) is 0.905. The van der Waals surface area contributed by atoms with Crippen LogP contribution >= 0.6 is 11.3 Å². The van der Waals surface area contributed by atoms with E-state index in [-0.39, 0.29) is 11.8 Å². The predicted octanol–water partition coefficient (Wildman–Crippen LogP) is 4.31. The first kappa shape index (κ1) is 21.5. The molecular formula is C25H27N5O2S. The number of imidazole rings is 1. The molecule has 1 N–H and O–H groups in total. The van der Waals surface area contributed by atoms with E-state index in [0.29, 0.717) is 13.1 Å². The van der Waals surface area contributed by atoms with E-state index in [1.165, 1.54) is 5.56 Å². The molecule has 2 aromatic heterocycles. The maximum atomic E-state index is 12.8. The normalized spacial score (nSPS) is 16.2. The number of methoxy groups -OCH3 is 1. The Balaban J connectivity index is 1.25. The topological polar surface area (TPSA) is 71.8 Å². The molecule has 170 valence electrons. The number of hydrogen-bond acceptors (Lipinski definition) is 6. The lowest BCUT2D eigenvalue weighted by Gasteiger charge is -2.31. The van der Waals surface area contributed by atoms with Gasteiger partial charge in [0.15, 0.2) is 0 Å². The molecule has 5 rings (SSSR count). The molecule has 3 heterocycles. The molecule has 0 spiro atoms. The number of ether oxygens (including phenoxy) is 1. The van der Waals surface area contributed by atoms with E-state index in [1.807, 2.05) is 47.1 Å². The minimum absolute atomic E-state index is 0.0335. The monoisotopic (exact) mass is 461 g/mol. The molecule has 0 radical (unpaired) electrons. The number of aromatic nitrogens is 3. The van der Waals surface area contributed by atoms with Crippen molar-refractivity contribution in [1.29, 1.82) is 0 Å². The van der Waals surface area contributed by atoms with Crippen molar-refractivity contribution in [2.24, 2.45) is 5.92 Å². The molecule has 8 heteroatoms. The quantitative estimate of drug-likeness (QED) is 0.463. The smallest absolute Gasteiger partial charge is 0.225 e. The number of aryl methyl sites for hydroxylation is 1. The maximum absolute atomic E-state index is 12.8. The summed E-state index contributed by atoms with van der Waals surface area (Å²) in [4.78, 5) is 20.7. The molecule has 0 unspecified atom stereocenters. The van der Waals surface area contributed by atoms with Crippen LogP contribution in [0.1, 0.15) is 24.0 Å². The van der Waals surface area contributed by atoms with E-state index in [1.54, 1.807) is 18.4 Å². The second-order valence-corrected chi connectivity index (χ2v) is 9.33. The Morgan fingerprint density at radius 1 is 1.21 bits per heavy atom. The highest BCUT2D eigenvalue weighted by molar-refractivity contribution is 7.20. The van der Waals surface area contributed by atoms with Gasteiger partial charge in [0.25, 0.3) is 0 Å². The van der Waals surface area contributed by atoms with Crippen molar-refractivity contribution in [2.75, 3.05) is 25.1 Å². The Morgan fingerprint density at radius 2 is 2.03 bits per heavy atom. The summed E-state index contributed by atoms with van der Waals surface area (Å²) in [6, 6.07) is 16.0. The largest absolute Gasteiger partial charge is 0.497 e. The summed E-state index contributed by atoms with van der Waals surface area (Å²) in [6.07, 6.45) is 3.83. The van der Waals surface area contributed by atoms with Crippen molar-refractivity contribution in [1.82, 2.24) is 19.9 Å². The van der Waals surface area contributed by atoms with Gasteiger partial charge in [-0.1, -0.05) is 35.6 Å².